The van der Waals surface area contributed by atoms with Crippen LogP contribution in [-0.4, -0.2) is 15.0 Å². The molecule has 0 aliphatic carbocycles. The normalized spacial score (nSPS) is 11.8. The number of halogens is 4. The number of nitrogens with one attached hydrogen (secondary N) is 1. The summed E-state index contributed by atoms with van der Waals surface area (Å²) < 4.78 is 37.6. The van der Waals surface area contributed by atoms with Gasteiger partial charge in [-0.05, 0) is 28.1 Å². The molecule has 0 fully saturated rings. The number of nitrogens with zero attached hydrogens (tertiary/aromatic N) is 2. The Balaban J connectivity index is 2.35. The third-order valence-corrected chi connectivity index (χ3v) is 2.32. The molecule has 2 aromatic heterocycles. The monoisotopic (exact) mass is 291 g/mol. The minimum atomic E-state index is -4.42. The predicted octanol–water partition coefficient (Wildman–Crippen LogP) is 3.25. The van der Waals surface area contributed by atoms with E-state index in [4.69, 9.17) is 0 Å². The highest BCUT2D eigenvalue weighted by Crippen LogP contribution is 2.28. The van der Waals surface area contributed by atoms with Crippen LogP contribution in [0.1, 0.15) is 5.69 Å². The molecule has 0 radical (unpaired) electrons. The predicted molar refractivity (Wildman–Crippen MR) is 54.5 cm³/mol. The Hall–Kier alpha value is -1.37. The molecular weight excluding hydrogens is 287 g/mol. The van der Waals surface area contributed by atoms with Crippen molar-refractivity contribution in [3.05, 3.63) is 34.7 Å². The van der Waals surface area contributed by atoms with Gasteiger partial charge in [-0.3, -0.25) is 4.98 Å². The molecule has 2 aromatic rings. The molecule has 0 aromatic carbocycles. The Kier molecular flexibility index (Phi) is 2.71. The van der Waals surface area contributed by atoms with Crippen molar-refractivity contribution in [1.29, 1.82) is 0 Å². The van der Waals surface area contributed by atoms with Crippen LogP contribution in [0.2, 0.25) is 0 Å². The summed E-state index contributed by atoms with van der Waals surface area (Å²) in [5, 5.41) is 0. The van der Waals surface area contributed by atoms with E-state index in [1.165, 1.54) is 6.20 Å². The number of pyridine rings is 1. The van der Waals surface area contributed by atoms with Crippen molar-refractivity contribution in [3.8, 4) is 11.5 Å². The van der Waals surface area contributed by atoms with E-state index in [-0.39, 0.29) is 5.82 Å². The highest BCUT2D eigenvalue weighted by Gasteiger charge is 2.33. The van der Waals surface area contributed by atoms with Gasteiger partial charge in [0.05, 0.1) is 6.20 Å². The van der Waals surface area contributed by atoms with Gasteiger partial charge >= 0.3 is 6.18 Å². The Morgan fingerprint density at radius 2 is 1.88 bits per heavy atom. The summed E-state index contributed by atoms with van der Waals surface area (Å²) in [5.41, 5.74) is -0.522. The van der Waals surface area contributed by atoms with Crippen molar-refractivity contribution >= 4 is 15.9 Å². The number of H-pyrrole nitrogens is 1. The zero-order valence-corrected chi connectivity index (χ0v) is 9.30. The van der Waals surface area contributed by atoms with Crippen LogP contribution in [0.3, 0.4) is 0 Å². The second-order valence-electron chi connectivity index (χ2n) is 3.00. The van der Waals surface area contributed by atoms with Crippen molar-refractivity contribution in [2.24, 2.45) is 0 Å². The van der Waals surface area contributed by atoms with Crippen LogP contribution < -0.4 is 0 Å². The number of hydrogen-bond donors (Lipinski definition) is 1. The average Bonchev–Trinajstić information content (AvgIpc) is 2.67. The summed E-state index contributed by atoms with van der Waals surface area (Å²) in [5.74, 6) is 0.0971. The Morgan fingerprint density at radius 3 is 2.38 bits per heavy atom. The minimum absolute atomic E-state index is 0.0971. The Labute approximate surface area is 96.9 Å². The summed E-state index contributed by atoms with van der Waals surface area (Å²) in [6.07, 6.45) is -2.18. The van der Waals surface area contributed by atoms with Crippen molar-refractivity contribution in [3.63, 3.8) is 0 Å². The molecule has 0 spiro atoms. The smallest absolute Gasteiger partial charge is 0.333 e. The number of hydrogen-bond acceptors (Lipinski definition) is 2. The fraction of sp³-hybridized carbons (Fsp3) is 0.111. The molecule has 7 heteroatoms. The van der Waals surface area contributed by atoms with Crippen LogP contribution in [-0.2, 0) is 6.18 Å². The number of imidazole rings is 1. The molecule has 84 valence electrons. The van der Waals surface area contributed by atoms with Crippen molar-refractivity contribution < 1.29 is 13.2 Å². The van der Waals surface area contributed by atoms with Crippen molar-refractivity contribution in [1.82, 2.24) is 15.0 Å². The first-order chi connectivity index (χ1) is 7.47. The van der Waals surface area contributed by atoms with Crippen LogP contribution in [0.25, 0.3) is 11.5 Å². The van der Waals surface area contributed by atoms with E-state index < -0.39 is 11.9 Å². The molecule has 0 aliphatic rings. The largest absolute Gasteiger partial charge is 0.432 e. The first-order valence-corrected chi connectivity index (χ1v) is 5.00. The highest BCUT2D eigenvalue weighted by atomic mass is 79.9. The van der Waals surface area contributed by atoms with Gasteiger partial charge in [0.2, 0.25) is 0 Å². The molecule has 0 aliphatic heterocycles. The van der Waals surface area contributed by atoms with Gasteiger partial charge in [-0.1, -0.05) is 0 Å². The minimum Gasteiger partial charge on any atom is -0.333 e. The van der Waals surface area contributed by atoms with E-state index in [1.807, 2.05) is 0 Å². The lowest BCUT2D eigenvalue weighted by Gasteiger charge is -2.01. The van der Waals surface area contributed by atoms with Gasteiger partial charge < -0.3 is 4.98 Å². The number of alkyl halides is 3. The Bertz CT molecular complexity index is 489. The van der Waals surface area contributed by atoms with E-state index in [9.17, 15) is 13.2 Å². The topological polar surface area (TPSA) is 41.6 Å². The van der Waals surface area contributed by atoms with Crippen LogP contribution in [0.4, 0.5) is 13.2 Å². The molecule has 1 N–H and O–H groups in total. The maximum Gasteiger partial charge on any atom is 0.432 e. The van der Waals surface area contributed by atoms with Gasteiger partial charge in [-0.25, -0.2) is 4.98 Å². The SMILES string of the molecule is FC(F)(F)c1cnc(-c2ccc(Br)cn2)[nH]1. The molecule has 0 unspecified atom stereocenters. The van der Waals surface area contributed by atoms with E-state index in [2.05, 4.69) is 30.9 Å². The van der Waals surface area contributed by atoms with Gasteiger partial charge in [0.15, 0.2) is 5.82 Å². The molecule has 0 saturated heterocycles. The third-order valence-electron chi connectivity index (χ3n) is 1.85. The van der Waals surface area contributed by atoms with Gasteiger partial charge in [-0.15, -0.1) is 0 Å². The van der Waals surface area contributed by atoms with Crippen LogP contribution >= 0.6 is 15.9 Å². The number of aromatic amines is 1. The lowest BCUT2D eigenvalue weighted by molar-refractivity contribution is -0.140. The van der Waals surface area contributed by atoms with E-state index in [1.54, 1.807) is 12.1 Å². The summed E-state index contributed by atoms with van der Waals surface area (Å²) in [7, 11) is 0. The summed E-state index contributed by atoms with van der Waals surface area (Å²) in [4.78, 5) is 9.74. The molecule has 0 atom stereocenters. The standard InChI is InChI=1S/C9H5BrF3N3/c10-5-1-2-6(14-3-5)8-15-4-7(16-8)9(11,12)13/h1-4H,(H,15,16). The zero-order valence-electron chi connectivity index (χ0n) is 7.72. The molecule has 16 heavy (non-hydrogen) atoms. The third kappa shape index (κ3) is 2.24. The first-order valence-electron chi connectivity index (χ1n) is 4.21. The molecule has 0 bridgehead atoms. The molecular formula is C9H5BrF3N3. The first kappa shape index (κ1) is 11.1. The van der Waals surface area contributed by atoms with Gasteiger partial charge in [0.25, 0.3) is 0 Å². The maximum absolute atomic E-state index is 12.3. The van der Waals surface area contributed by atoms with Gasteiger partial charge in [-0.2, -0.15) is 13.2 Å². The number of rotatable bonds is 1. The van der Waals surface area contributed by atoms with Gasteiger partial charge in [0.1, 0.15) is 11.4 Å². The van der Waals surface area contributed by atoms with E-state index in [0.29, 0.717) is 5.69 Å². The second kappa shape index (κ2) is 3.89. The molecule has 3 nitrogen and oxygen atoms in total. The molecule has 0 saturated carbocycles. The summed E-state index contributed by atoms with van der Waals surface area (Å²) in [6, 6.07) is 3.25. The van der Waals surface area contributed by atoms with E-state index >= 15 is 0 Å². The maximum atomic E-state index is 12.3. The second-order valence-corrected chi connectivity index (χ2v) is 3.92. The lowest BCUT2D eigenvalue weighted by Crippen LogP contribution is -2.04. The van der Waals surface area contributed by atoms with E-state index in [0.717, 1.165) is 10.7 Å². The number of aromatic nitrogens is 3. The fourth-order valence-corrected chi connectivity index (χ4v) is 1.35. The lowest BCUT2D eigenvalue weighted by atomic mass is 10.3. The summed E-state index contributed by atoms with van der Waals surface area (Å²) >= 11 is 3.18. The summed E-state index contributed by atoms with van der Waals surface area (Å²) in [6.45, 7) is 0. The van der Waals surface area contributed by atoms with Crippen molar-refractivity contribution in [2.75, 3.05) is 0 Å². The molecule has 2 rings (SSSR count). The molecule has 0 amide bonds. The van der Waals surface area contributed by atoms with Gasteiger partial charge in [0, 0.05) is 10.7 Å². The van der Waals surface area contributed by atoms with Crippen LogP contribution in [0.15, 0.2) is 29.0 Å². The Morgan fingerprint density at radius 1 is 1.12 bits per heavy atom. The quantitative estimate of drug-likeness (QED) is 0.876. The highest BCUT2D eigenvalue weighted by molar-refractivity contribution is 9.10. The van der Waals surface area contributed by atoms with Crippen molar-refractivity contribution in [2.45, 2.75) is 6.18 Å². The average molecular weight is 292 g/mol. The molecule has 2 heterocycles. The van der Waals surface area contributed by atoms with Crippen LogP contribution in [0.5, 0.6) is 0 Å². The fourth-order valence-electron chi connectivity index (χ4n) is 1.11. The zero-order chi connectivity index (χ0) is 11.8. The van der Waals surface area contributed by atoms with Crippen LogP contribution in [0, 0.1) is 0 Å².